The van der Waals surface area contributed by atoms with E-state index in [0.717, 1.165) is 38.0 Å². The molecule has 0 bridgehead atoms. The van der Waals surface area contributed by atoms with Crippen LogP contribution in [0.4, 0.5) is 0 Å². The van der Waals surface area contributed by atoms with E-state index in [0.29, 0.717) is 6.04 Å². The SMILES string of the molecule is CC1=CCC[C@H](C)[C@H]1CN1CCN(CCO)[C@@H](C)C1. The van der Waals surface area contributed by atoms with Crippen molar-refractivity contribution in [2.45, 2.75) is 39.7 Å². The molecule has 1 N–H and O–H groups in total. The molecule has 1 fully saturated rings. The Labute approximate surface area is 118 Å². The second kappa shape index (κ2) is 6.87. The summed E-state index contributed by atoms with van der Waals surface area (Å²) in [5.41, 5.74) is 1.60. The number of aliphatic hydroxyl groups excluding tert-OH is 1. The molecular weight excluding hydrogens is 236 g/mol. The average Bonchev–Trinajstić information content (AvgIpc) is 2.37. The van der Waals surface area contributed by atoms with Gasteiger partial charge in [0, 0.05) is 38.8 Å². The van der Waals surface area contributed by atoms with Gasteiger partial charge in [-0.3, -0.25) is 9.80 Å². The number of nitrogens with zero attached hydrogens (tertiary/aromatic N) is 2. The zero-order chi connectivity index (χ0) is 13.8. The van der Waals surface area contributed by atoms with Crippen LogP contribution in [0, 0.1) is 11.8 Å². The van der Waals surface area contributed by atoms with Gasteiger partial charge in [0.2, 0.25) is 0 Å². The molecule has 0 aromatic rings. The molecule has 0 amide bonds. The number of allylic oxidation sites excluding steroid dienone is 1. The molecule has 0 spiro atoms. The predicted molar refractivity (Wildman–Crippen MR) is 80.2 cm³/mol. The second-order valence-electron chi connectivity index (χ2n) is 6.48. The monoisotopic (exact) mass is 266 g/mol. The van der Waals surface area contributed by atoms with Gasteiger partial charge >= 0.3 is 0 Å². The Morgan fingerprint density at radius 3 is 2.74 bits per heavy atom. The van der Waals surface area contributed by atoms with Crippen LogP contribution >= 0.6 is 0 Å². The van der Waals surface area contributed by atoms with Crippen LogP contribution in [0.2, 0.25) is 0 Å². The third-order valence-electron chi connectivity index (χ3n) is 5.05. The molecule has 3 heteroatoms. The fourth-order valence-corrected chi connectivity index (χ4v) is 3.67. The summed E-state index contributed by atoms with van der Waals surface area (Å²) in [7, 11) is 0. The summed E-state index contributed by atoms with van der Waals surface area (Å²) in [6.45, 7) is 12.7. The van der Waals surface area contributed by atoms with Crippen LogP contribution in [0.25, 0.3) is 0 Å². The minimum absolute atomic E-state index is 0.284. The lowest BCUT2D eigenvalue weighted by Crippen LogP contribution is -2.53. The van der Waals surface area contributed by atoms with E-state index in [9.17, 15) is 0 Å². The van der Waals surface area contributed by atoms with Crippen LogP contribution in [0.5, 0.6) is 0 Å². The lowest BCUT2D eigenvalue weighted by atomic mass is 9.79. The van der Waals surface area contributed by atoms with Gasteiger partial charge < -0.3 is 5.11 Å². The van der Waals surface area contributed by atoms with E-state index in [4.69, 9.17) is 5.11 Å². The summed E-state index contributed by atoms with van der Waals surface area (Å²) in [5, 5.41) is 9.07. The van der Waals surface area contributed by atoms with Gasteiger partial charge in [0.1, 0.15) is 0 Å². The first kappa shape index (κ1) is 15.0. The van der Waals surface area contributed by atoms with Crippen molar-refractivity contribution in [3.05, 3.63) is 11.6 Å². The van der Waals surface area contributed by atoms with Gasteiger partial charge in [-0.25, -0.2) is 0 Å². The van der Waals surface area contributed by atoms with E-state index in [1.54, 1.807) is 5.57 Å². The highest BCUT2D eigenvalue weighted by Gasteiger charge is 2.28. The van der Waals surface area contributed by atoms with Crippen molar-refractivity contribution in [2.24, 2.45) is 11.8 Å². The third-order valence-corrected chi connectivity index (χ3v) is 5.05. The van der Waals surface area contributed by atoms with Crippen LogP contribution in [0.3, 0.4) is 0 Å². The Morgan fingerprint density at radius 2 is 2.11 bits per heavy atom. The molecular formula is C16H30N2O. The van der Waals surface area contributed by atoms with E-state index < -0.39 is 0 Å². The van der Waals surface area contributed by atoms with E-state index in [1.807, 2.05) is 0 Å². The Hall–Kier alpha value is -0.380. The Kier molecular flexibility index (Phi) is 5.43. The van der Waals surface area contributed by atoms with Crippen molar-refractivity contribution in [2.75, 3.05) is 39.3 Å². The van der Waals surface area contributed by atoms with E-state index in [1.165, 1.54) is 19.4 Å². The molecule has 1 saturated heterocycles. The maximum atomic E-state index is 9.07. The standard InChI is InChI=1S/C16H30N2O/c1-13-5-4-6-14(2)16(13)12-17-7-8-18(9-10-19)15(3)11-17/h5,14-16,19H,4,6-12H2,1-3H3/t14-,15-,16-/m0/s1. The number of aliphatic hydroxyl groups is 1. The number of rotatable bonds is 4. The van der Waals surface area contributed by atoms with Crippen molar-refractivity contribution in [3.63, 3.8) is 0 Å². The summed E-state index contributed by atoms with van der Waals surface area (Å²) >= 11 is 0. The number of hydrogen-bond donors (Lipinski definition) is 1. The van der Waals surface area contributed by atoms with Gasteiger partial charge in [-0.2, -0.15) is 0 Å². The van der Waals surface area contributed by atoms with Gasteiger partial charge in [0.15, 0.2) is 0 Å². The van der Waals surface area contributed by atoms with Gasteiger partial charge in [0.25, 0.3) is 0 Å². The predicted octanol–water partition coefficient (Wildman–Crippen LogP) is 1.98. The topological polar surface area (TPSA) is 26.7 Å². The maximum absolute atomic E-state index is 9.07. The molecule has 0 aromatic heterocycles. The first-order valence-corrected chi connectivity index (χ1v) is 7.85. The minimum Gasteiger partial charge on any atom is -0.395 e. The van der Waals surface area contributed by atoms with Gasteiger partial charge in [-0.05, 0) is 38.5 Å². The summed E-state index contributed by atoms with van der Waals surface area (Å²) in [5.74, 6) is 1.58. The van der Waals surface area contributed by atoms with Crippen molar-refractivity contribution >= 4 is 0 Å². The van der Waals surface area contributed by atoms with Crippen LogP contribution in [-0.4, -0.2) is 60.3 Å². The van der Waals surface area contributed by atoms with Crippen LogP contribution in [0.15, 0.2) is 11.6 Å². The quantitative estimate of drug-likeness (QED) is 0.788. The lowest BCUT2D eigenvalue weighted by Gasteiger charge is -2.42. The first-order chi connectivity index (χ1) is 9.11. The minimum atomic E-state index is 0.284. The summed E-state index contributed by atoms with van der Waals surface area (Å²) < 4.78 is 0. The first-order valence-electron chi connectivity index (χ1n) is 7.85. The average molecular weight is 266 g/mol. The molecule has 0 unspecified atom stereocenters. The second-order valence-corrected chi connectivity index (χ2v) is 6.48. The van der Waals surface area contributed by atoms with Gasteiger partial charge in [0.05, 0.1) is 6.61 Å². The molecule has 110 valence electrons. The highest BCUT2D eigenvalue weighted by atomic mass is 16.3. The van der Waals surface area contributed by atoms with Crippen LogP contribution < -0.4 is 0 Å². The Balaban J connectivity index is 1.87. The summed E-state index contributed by atoms with van der Waals surface area (Å²) in [6.07, 6.45) is 5.06. The maximum Gasteiger partial charge on any atom is 0.0558 e. The van der Waals surface area contributed by atoms with Crippen molar-refractivity contribution in [3.8, 4) is 0 Å². The molecule has 0 saturated carbocycles. The Morgan fingerprint density at radius 1 is 1.32 bits per heavy atom. The fraction of sp³-hybridized carbons (Fsp3) is 0.875. The third kappa shape index (κ3) is 3.80. The van der Waals surface area contributed by atoms with Crippen LogP contribution in [-0.2, 0) is 0 Å². The molecule has 0 radical (unpaired) electrons. The number of hydrogen-bond acceptors (Lipinski definition) is 3. The molecule has 0 aromatic carbocycles. The number of piperazine rings is 1. The lowest BCUT2D eigenvalue weighted by molar-refractivity contribution is 0.0575. The number of β-amino-alcohol motifs (C(OH)–C–C–N with tert-alkyl or cyclic N) is 1. The largest absolute Gasteiger partial charge is 0.395 e. The van der Waals surface area contributed by atoms with E-state index in [2.05, 4.69) is 36.6 Å². The molecule has 2 aliphatic rings. The molecule has 3 nitrogen and oxygen atoms in total. The summed E-state index contributed by atoms with van der Waals surface area (Å²) in [6, 6.07) is 0.573. The van der Waals surface area contributed by atoms with E-state index in [-0.39, 0.29) is 6.61 Å². The molecule has 1 aliphatic carbocycles. The fourth-order valence-electron chi connectivity index (χ4n) is 3.67. The smallest absolute Gasteiger partial charge is 0.0558 e. The normalized spacial score (nSPS) is 34.3. The van der Waals surface area contributed by atoms with Crippen molar-refractivity contribution in [1.82, 2.24) is 9.80 Å². The Bertz CT molecular complexity index is 316. The van der Waals surface area contributed by atoms with E-state index >= 15 is 0 Å². The van der Waals surface area contributed by atoms with Gasteiger partial charge in [-0.1, -0.05) is 18.6 Å². The molecule has 1 aliphatic heterocycles. The van der Waals surface area contributed by atoms with Crippen molar-refractivity contribution < 1.29 is 5.11 Å². The summed E-state index contributed by atoms with van der Waals surface area (Å²) in [4.78, 5) is 5.03. The zero-order valence-corrected chi connectivity index (χ0v) is 12.8. The molecule has 1 heterocycles. The highest BCUT2D eigenvalue weighted by Crippen LogP contribution is 2.31. The van der Waals surface area contributed by atoms with Crippen LogP contribution in [0.1, 0.15) is 33.6 Å². The molecule has 3 atom stereocenters. The zero-order valence-electron chi connectivity index (χ0n) is 12.8. The molecule has 2 rings (SSSR count). The van der Waals surface area contributed by atoms with Gasteiger partial charge in [-0.15, -0.1) is 0 Å². The highest BCUT2D eigenvalue weighted by molar-refractivity contribution is 5.09. The molecule has 19 heavy (non-hydrogen) atoms. The van der Waals surface area contributed by atoms with Crippen molar-refractivity contribution in [1.29, 1.82) is 0 Å².